The summed E-state index contributed by atoms with van der Waals surface area (Å²) >= 11 is 7.58. The number of fused-ring (bicyclic) bond motifs is 2. The third kappa shape index (κ3) is 5.65. The number of ether oxygens (including phenoxy) is 1. The molecule has 15 heteroatoms. The molecule has 6 aromatic rings. The molecule has 10 nitrogen and oxygen atoms in total. The minimum Gasteiger partial charge on any atom is -0.491 e. The van der Waals surface area contributed by atoms with Gasteiger partial charge in [-0.05, 0) is 57.2 Å². The van der Waals surface area contributed by atoms with Gasteiger partial charge in [0.2, 0.25) is 0 Å². The standard InChI is InChI=1S/C33H24ClF3N6O4S/c1-15-9-20(30-29(39-15)22(14-48-30)32(45)46)19-11-18(34)5-6-26(19)47-8-7-43-17(3)40-24-12-23(33(35,36)37)27(21(13-38)28(24)31(43)44)25-10-16(2)41-42(25)4/h5-6,9-12,14H,7-8H2,1-4H3,(H,45,46). The quantitative estimate of drug-likeness (QED) is 0.184. The summed E-state index contributed by atoms with van der Waals surface area (Å²) in [6.07, 6.45) is -4.85. The van der Waals surface area contributed by atoms with Gasteiger partial charge in [-0.2, -0.15) is 23.5 Å². The lowest BCUT2D eigenvalue weighted by Crippen LogP contribution is -2.28. The number of hydrogen-bond donors (Lipinski definition) is 1. The summed E-state index contributed by atoms with van der Waals surface area (Å²) in [5.41, 5.74) is -0.273. The highest BCUT2D eigenvalue weighted by Crippen LogP contribution is 2.42. The Balaban J connectivity index is 1.42. The first-order chi connectivity index (χ1) is 22.7. The molecule has 48 heavy (non-hydrogen) atoms. The van der Waals surface area contributed by atoms with E-state index < -0.39 is 34.4 Å². The van der Waals surface area contributed by atoms with E-state index in [0.717, 1.165) is 6.07 Å². The van der Waals surface area contributed by atoms with Crippen molar-refractivity contribution in [2.75, 3.05) is 6.61 Å². The Kier molecular flexibility index (Phi) is 8.22. The molecule has 0 bridgehead atoms. The van der Waals surface area contributed by atoms with E-state index in [2.05, 4.69) is 15.1 Å². The number of carboxylic acids is 1. The third-order valence-electron chi connectivity index (χ3n) is 7.80. The number of nitrogens with zero attached hydrogens (tertiary/aromatic N) is 6. The molecular weight excluding hydrogens is 669 g/mol. The van der Waals surface area contributed by atoms with E-state index in [1.807, 2.05) is 6.07 Å². The summed E-state index contributed by atoms with van der Waals surface area (Å²) < 4.78 is 52.3. The number of halogens is 4. The zero-order valence-corrected chi connectivity index (χ0v) is 27.3. The fourth-order valence-corrected chi connectivity index (χ4v) is 6.96. The molecule has 244 valence electrons. The molecule has 2 aromatic carbocycles. The van der Waals surface area contributed by atoms with E-state index in [1.54, 1.807) is 38.1 Å². The van der Waals surface area contributed by atoms with Crippen LogP contribution < -0.4 is 10.3 Å². The van der Waals surface area contributed by atoms with Crippen LogP contribution >= 0.6 is 22.9 Å². The van der Waals surface area contributed by atoms with Gasteiger partial charge >= 0.3 is 12.1 Å². The van der Waals surface area contributed by atoms with Crippen LogP contribution in [0.15, 0.2) is 46.6 Å². The number of carboxylic acid groups (broad SMARTS) is 1. The first-order valence-corrected chi connectivity index (χ1v) is 15.6. The van der Waals surface area contributed by atoms with Crippen LogP contribution in [0.1, 0.15) is 38.7 Å². The number of hydrogen-bond acceptors (Lipinski definition) is 8. The lowest BCUT2D eigenvalue weighted by molar-refractivity contribution is -0.137. The second-order valence-electron chi connectivity index (χ2n) is 11.0. The van der Waals surface area contributed by atoms with Crippen molar-refractivity contribution in [1.29, 1.82) is 5.26 Å². The average Bonchev–Trinajstić information content (AvgIpc) is 3.59. The van der Waals surface area contributed by atoms with Gasteiger partial charge in [-0.25, -0.2) is 9.78 Å². The summed E-state index contributed by atoms with van der Waals surface area (Å²) in [6.45, 7) is 4.71. The Labute approximate surface area is 279 Å². The van der Waals surface area contributed by atoms with Crippen LogP contribution in [0.4, 0.5) is 13.2 Å². The topological polar surface area (TPSA) is 136 Å². The normalized spacial score (nSPS) is 11.7. The first-order valence-electron chi connectivity index (χ1n) is 14.3. The maximum Gasteiger partial charge on any atom is 0.417 e. The zero-order valence-electron chi connectivity index (χ0n) is 25.7. The predicted molar refractivity (Wildman–Crippen MR) is 175 cm³/mol. The van der Waals surface area contributed by atoms with Gasteiger partial charge in [0.1, 0.15) is 24.3 Å². The summed E-state index contributed by atoms with van der Waals surface area (Å²) in [7, 11) is 1.46. The van der Waals surface area contributed by atoms with Gasteiger partial charge in [-0.1, -0.05) is 11.6 Å². The first kappa shape index (κ1) is 32.7. The van der Waals surface area contributed by atoms with Gasteiger partial charge in [-0.3, -0.25) is 19.0 Å². The second-order valence-corrected chi connectivity index (χ2v) is 12.3. The SMILES string of the molecule is Cc1cc(-c2cc(Cl)ccc2OCCn2c(C)nc3cc(C(F)(F)F)c(-c4cc(C)nn4C)c(C#N)c3c2=O)c2scc(C(=O)O)c2n1. The molecule has 0 unspecified atom stereocenters. The van der Waals surface area contributed by atoms with Crippen molar-refractivity contribution < 1.29 is 27.8 Å². The van der Waals surface area contributed by atoms with Crippen LogP contribution in [0.3, 0.4) is 0 Å². The van der Waals surface area contributed by atoms with Crippen LogP contribution in [-0.2, 0) is 19.8 Å². The van der Waals surface area contributed by atoms with Gasteiger partial charge in [0.15, 0.2) is 0 Å². The van der Waals surface area contributed by atoms with Crippen molar-refractivity contribution in [3.05, 3.63) is 91.1 Å². The molecule has 4 aromatic heterocycles. The highest BCUT2D eigenvalue weighted by atomic mass is 35.5. The average molecular weight is 693 g/mol. The fraction of sp³-hybridized carbons (Fsp3) is 0.212. The molecular formula is C33H24ClF3N6O4S. The summed E-state index contributed by atoms with van der Waals surface area (Å²) in [4.78, 5) is 34.4. The molecule has 4 heterocycles. The number of thiophene rings is 1. The molecule has 0 spiro atoms. The van der Waals surface area contributed by atoms with Crippen LogP contribution in [0, 0.1) is 32.1 Å². The number of benzene rings is 2. The van der Waals surface area contributed by atoms with E-state index >= 15 is 0 Å². The van der Waals surface area contributed by atoms with Gasteiger partial charge in [0, 0.05) is 39.8 Å². The lowest BCUT2D eigenvalue weighted by atomic mass is 9.94. The van der Waals surface area contributed by atoms with E-state index in [4.69, 9.17) is 16.3 Å². The molecule has 0 aliphatic carbocycles. The number of nitriles is 1. The van der Waals surface area contributed by atoms with Crippen LogP contribution in [0.2, 0.25) is 5.02 Å². The number of alkyl halides is 3. The Morgan fingerprint density at radius 1 is 1.10 bits per heavy atom. The summed E-state index contributed by atoms with van der Waals surface area (Å²) in [6, 6.07) is 10.8. The van der Waals surface area contributed by atoms with Gasteiger partial charge in [-0.15, -0.1) is 11.3 Å². The molecule has 0 aliphatic heterocycles. The molecule has 0 saturated heterocycles. The Bertz CT molecular complexity index is 2410. The molecule has 0 aliphatic rings. The van der Waals surface area contributed by atoms with Crippen molar-refractivity contribution in [2.24, 2.45) is 7.05 Å². The van der Waals surface area contributed by atoms with Crippen LogP contribution in [0.5, 0.6) is 5.75 Å². The fourth-order valence-electron chi connectivity index (χ4n) is 5.77. The van der Waals surface area contributed by atoms with Gasteiger partial charge in [0.25, 0.3) is 5.56 Å². The van der Waals surface area contributed by atoms with Crippen molar-refractivity contribution in [3.63, 3.8) is 0 Å². The number of pyridine rings is 1. The van der Waals surface area contributed by atoms with E-state index in [-0.39, 0.29) is 41.1 Å². The summed E-state index contributed by atoms with van der Waals surface area (Å²) in [5, 5.41) is 25.6. The molecule has 0 radical (unpaired) electrons. The summed E-state index contributed by atoms with van der Waals surface area (Å²) in [5.74, 6) is -0.591. The number of aromatic nitrogens is 5. The Hall–Kier alpha value is -5.26. The van der Waals surface area contributed by atoms with E-state index in [0.29, 0.717) is 43.5 Å². The van der Waals surface area contributed by atoms with E-state index in [9.17, 15) is 33.1 Å². The van der Waals surface area contributed by atoms with Gasteiger partial charge in [0.05, 0.1) is 55.7 Å². The van der Waals surface area contributed by atoms with Crippen LogP contribution in [-0.4, -0.2) is 42.0 Å². The molecule has 0 saturated carbocycles. The van der Waals surface area contributed by atoms with Crippen LogP contribution in [0.25, 0.3) is 43.5 Å². The molecule has 6 rings (SSSR count). The highest BCUT2D eigenvalue weighted by molar-refractivity contribution is 7.18. The largest absolute Gasteiger partial charge is 0.491 e. The minimum atomic E-state index is -4.85. The number of aromatic carboxylic acids is 1. The molecule has 0 amide bonds. The third-order valence-corrected chi connectivity index (χ3v) is 9.04. The van der Waals surface area contributed by atoms with Gasteiger partial charge < -0.3 is 9.84 Å². The second kappa shape index (κ2) is 12.1. The Morgan fingerprint density at radius 3 is 2.50 bits per heavy atom. The number of aryl methyl sites for hydroxylation is 4. The molecule has 0 atom stereocenters. The lowest BCUT2D eigenvalue weighted by Gasteiger charge is -2.18. The predicted octanol–water partition coefficient (Wildman–Crippen LogP) is 7.32. The molecule has 0 fully saturated rings. The number of rotatable bonds is 7. The maximum atomic E-state index is 14.3. The van der Waals surface area contributed by atoms with Crippen molar-refractivity contribution in [2.45, 2.75) is 33.5 Å². The zero-order chi connectivity index (χ0) is 34.7. The monoisotopic (exact) mass is 692 g/mol. The number of carbonyl (C=O) groups is 1. The Morgan fingerprint density at radius 2 is 1.85 bits per heavy atom. The van der Waals surface area contributed by atoms with Crippen molar-refractivity contribution >= 4 is 50.0 Å². The molecule has 1 N–H and O–H groups in total. The minimum absolute atomic E-state index is 0.0325. The maximum absolute atomic E-state index is 14.3. The highest BCUT2D eigenvalue weighted by Gasteiger charge is 2.38. The van der Waals surface area contributed by atoms with Crippen molar-refractivity contribution in [1.82, 2.24) is 24.3 Å². The van der Waals surface area contributed by atoms with E-state index in [1.165, 1.54) is 46.0 Å². The smallest absolute Gasteiger partial charge is 0.417 e. The van der Waals surface area contributed by atoms with Crippen molar-refractivity contribution in [3.8, 4) is 34.2 Å².